The lowest BCUT2D eigenvalue weighted by molar-refractivity contribution is -0.144. The van der Waals surface area contributed by atoms with Gasteiger partial charge in [0.2, 0.25) is 5.91 Å². The third kappa shape index (κ3) is 12.4. The molecule has 0 saturated heterocycles. The second kappa shape index (κ2) is 18.3. The first kappa shape index (κ1) is 29.7. The molecule has 1 aromatic rings. The zero-order valence-corrected chi connectivity index (χ0v) is 20.9. The Kier molecular flexibility index (Phi) is 16.5. The molecule has 0 aromatic heterocycles. The Morgan fingerprint density at radius 2 is 1.88 bits per heavy atom. The number of esters is 1. The third-order valence-electron chi connectivity index (χ3n) is 4.18. The average molecular weight is 457 g/mol. The molecule has 1 aliphatic rings. The van der Waals surface area contributed by atoms with Gasteiger partial charge in [0.05, 0.1) is 13.0 Å². The number of amides is 1. The predicted octanol–water partition coefficient (Wildman–Crippen LogP) is 5.94. The number of dihydropyridines is 1. The number of carbonyl (C=O) groups is 2. The summed E-state index contributed by atoms with van der Waals surface area (Å²) in [7, 11) is 0. The van der Waals surface area contributed by atoms with Crippen LogP contribution < -0.4 is 15.4 Å². The number of nitrogens with one attached hydrogen (secondary N) is 2. The smallest absolute Gasteiger partial charge is 0.306 e. The van der Waals surface area contributed by atoms with E-state index in [1.807, 2.05) is 52.0 Å². The second-order valence-corrected chi connectivity index (χ2v) is 6.49. The Labute approximate surface area is 199 Å². The van der Waals surface area contributed by atoms with Crippen molar-refractivity contribution in [3.8, 4) is 5.75 Å². The predicted molar refractivity (Wildman–Crippen MR) is 137 cm³/mol. The van der Waals surface area contributed by atoms with Crippen molar-refractivity contribution in [1.29, 1.82) is 0 Å². The zero-order chi connectivity index (χ0) is 25.1. The van der Waals surface area contributed by atoms with Crippen molar-refractivity contribution in [3.63, 3.8) is 0 Å². The van der Waals surface area contributed by atoms with Crippen molar-refractivity contribution in [2.75, 3.05) is 18.5 Å². The van der Waals surface area contributed by atoms with Crippen LogP contribution in [-0.2, 0) is 14.3 Å². The van der Waals surface area contributed by atoms with Crippen LogP contribution in [0.5, 0.6) is 5.75 Å². The van der Waals surface area contributed by atoms with Crippen LogP contribution >= 0.6 is 0 Å². The monoisotopic (exact) mass is 456 g/mol. The van der Waals surface area contributed by atoms with Gasteiger partial charge < -0.3 is 20.1 Å². The summed E-state index contributed by atoms with van der Waals surface area (Å²) in [5.74, 6) is 0.0233. The zero-order valence-electron chi connectivity index (χ0n) is 20.9. The van der Waals surface area contributed by atoms with Gasteiger partial charge in [-0.25, -0.2) is 0 Å². The van der Waals surface area contributed by atoms with E-state index in [1.54, 1.807) is 31.2 Å². The summed E-state index contributed by atoms with van der Waals surface area (Å²) in [5, 5.41) is 6.17. The maximum absolute atomic E-state index is 12.0. The standard InChI is InChI=1S/C23H28N2O4.2C2H6/c1-4-6-8-18-11-12-20(24-17(18)3)16-29-21-10-7-9-19(15-21)25-22(26)13-14-23(27)28-5-2;2*1-2/h4,6-12,15,17,24H,1,5,13-14,16H2,2-3H3,(H,25,26);2*1-2H3/b8-6-;;. The number of rotatable bonds is 10. The van der Waals surface area contributed by atoms with Crippen molar-refractivity contribution in [1.82, 2.24) is 5.32 Å². The van der Waals surface area contributed by atoms with Crippen LogP contribution in [0.3, 0.4) is 0 Å². The van der Waals surface area contributed by atoms with Crippen molar-refractivity contribution in [2.24, 2.45) is 0 Å². The Balaban J connectivity index is 0.00000242. The minimum absolute atomic E-state index is 0.0609. The fraction of sp³-hybridized carbons (Fsp3) is 0.407. The molecule has 0 spiro atoms. The van der Waals surface area contributed by atoms with E-state index in [1.165, 1.54) is 5.57 Å². The molecule has 0 bridgehead atoms. The van der Waals surface area contributed by atoms with E-state index in [0.29, 0.717) is 24.7 Å². The normalized spacial score (nSPS) is 14.2. The number of ether oxygens (including phenoxy) is 2. The highest BCUT2D eigenvalue weighted by Gasteiger charge is 2.12. The van der Waals surface area contributed by atoms with Crippen molar-refractivity contribution < 1.29 is 19.1 Å². The summed E-state index contributed by atoms with van der Waals surface area (Å²) in [6, 6.07) is 7.34. The van der Waals surface area contributed by atoms with Gasteiger partial charge in [0, 0.05) is 29.9 Å². The van der Waals surface area contributed by atoms with Gasteiger partial charge in [0.15, 0.2) is 0 Å². The molecule has 1 atom stereocenters. The molecule has 2 rings (SSSR count). The van der Waals surface area contributed by atoms with Gasteiger partial charge in [-0.3, -0.25) is 9.59 Å². The van der Waals surface area contributed by atoms with Gasteiger partial charge in [0.25, 0.3) is 0 Å². The average Bonchev–Trinajstić information content (AvgIpc) is 2.84. The highest BCUT2D eigenvalue weighted by molar-refractivity contribution is 5.92. The first-order chi connectivity index (χ1) is 16.0. The number of carbonyl (C=O) groups excluding carboxylic acids is 2. The molecule has 182 valence electrons. The topological polar surface area (TPSA) is 76.7 Å². The lowest BCUT2D eigenvalue weighted by Crippen LogP contribution is -2.31. The van der Waals surface area contributed by atoms with Crippen molar-refractivity contribution in [3.05, 3.63) is 72.5 Å². The van der Waals surface area contributed by atoms with E-state index in [-0.39, 0.29) is 30.8 Å². The molecule has 1 aromatic carbocycles. The van der Waals surface area contributed by atoms with E-state index >= 15 is 0 Å². The number of allylic oxidation sites excluding steroid dienone is 4. The number of hydrogen-bond donors (Lipinski definition) is 2. The molecular formula is C27H40N2O4. The largest absolute Gasteiger partial charge is 0.487 e. The van der Waals surface area contributed by atoms with Crippen LogP contribution in [-0.4, -0.2) is 31.1 Å². The van der Waals surface area contributed by atoms with Crippen molar-refractivity contribution >= 4 is 17.6 Å². The van der Waals surface area contributed by atoms with Gasteiger partial charge in [-0.2, -0.15) is 0 Å². The van der Waals surface area contributed by atoms with E-state index in [2.05, 4.69) is 30.2 Å². The van der Waals surface area contributed by atoms with Crippen LogP contribution in [0, 0.1) is 0 Å². The Hall–Kier alpha value is -3.28. The molecule has 1 aliphatic heterocycles. The molecular weight excluding hydrogens is 416 g/mol. The van der Waals surface area contributed by atoms with Gasteiger partial charge >= 0.3 is 5.97 Å². The molecule has 0 radical (unpaired) electrons. The van der Waals surface area contributed by atoms with Crippen molar-refractivity contribution in [2.45, 2.75) is 60.4 Å². The quantitative estimate of drug-likeness (QED) is 0.336. The lowest BCUT2D eigenvalue weighted by atomic mass is 10.0. The summed E-state index contributed by atoms with van der Waals surface area (Å²) in [6.07, 6.45) is 9.86. The summed E-state index contributed by atoms with van der Waals surface area (Å²) < 4.78 is 10.7. The molecule has 6 nitrogen and oxygen atoms in total. The fourth-order valence-electron chi connectivity index (χ4n) is 2.72. The first-order valence-electron chi connectivity index (χ1n) is 11.7. The van der Waals surface area contributed by atoms with Crippen LogP contribution in [0.4, 0.5) is 5.69 Å². The van der Waals surface area contributed by atoms with E-state index in [9.17, 15) is 9.59 Å². The Morgan fingerprint density at radius 1 is 1.15 bits per heavy atom. The SMILES string of the molecule is C=C/C=C\C1=CC=C(COc2cccc(NC(=O)CCC(=O)OCC)c2)NC1C.CC.CC. The highest BCUT2D eigenvalue weighted by Crippen LogP contribution is 2.19. The van der Waals surface area contributed by atoms with E-state index < -0.39 is 0 Å². The molecule has 0 aliphatic carbocycles. The van der Waals surface area contributed by atoms with Crippen LogP contribution in [0.15, 0.2) is 72.5 Å². The van der Waals surface area contributed by atoms with Gasteiger partial charge in [-0.1, -0.05) is 64.6 Å². The molecule has 0 saturated carbocycles. The highest BCUT2D eigenvalue weighted by atomic mass is 16.5. The third-order valence-corrected chi connectivity index (χ3v) is 4.18. The molecule has 2 N–H and O–H groups in total. The van der Waals surface area contributed by atoms with Gasteiger partial charge in [0.1, 0.15) is 12.4 Å². The van der Waals surface area contributed by atoms with Crippen LogP contribution in [0.25, 0.3) is 0 Å². The molecule has 0 fully saturated rings. The summed E-state index contributed by atoms with van der Waals surface area (Å²) in [5.41, 5.74) is 2.75. The second-order valence-electron chi connectivity index (χ2n) is 6.49. The maximum Gasteiger partial charge on any atom is 0.306 e. The van der Waals surface area contributed by atoms with Gasteiger partial charge in [-0.15, -0.1) is 0 Å². The number of anilines is 1. The summed E-state index contributed by atoms with van der Waals surface area (Å²) in [6.45, 7) is 16.2. The molecule has 1 unspecified atom stereocenters. The Morgan fingerprint density at radius 3 is 2.52 bits per heavy atom. The maximum atomic E-state index is 12.0. The van der Waals surface area contributed by atoms with E-state index in [0.717, 1.165) is 5.70 Å². The van der Waals surface area contributed by atoms with Gasteiger partial charge in [-0.05, 0) is 37.6 Å². The Bertz CT molecular complexity index is 825. The van der Waals surface area contributed by atoms with Crippen LogP contribution in [0.2, 0.25) is 0 Å². The van der Waals surface area contributed by atoms with E-state index in [4.69, 9.17) is 9.47 Å². The summed E-state index contributed by atoms with van der Waals surface area (Å²) in [4.78, 5) is 23.3. The molecule has 1 heterocycles. The first-order valence-corrected chi connectivity index (χ1v) is 11.7. The van der Waals surface area contributed by atoms with Crippen LogP contribution in [0.1, 0.15) is 54.4 Å². The minimum Gasteiger partial charge on any atom is -0.487 e. The number of benzene rings is 1. The molecule has 1 amide bonds. The summed E-state index contributed by atoms with van der Waals surface area (Å²) >= 11 is 0. The number of hydrogen-bond acceptors (Lipinski definition) is 5. The lowest BCUT2D eigenvalue weighted by Gasteiger charge is -2.23. The molecule has 33 heavy (non-hydrogen) atoms. The fourth-order valence-corrected chi connectivity index (χ4v) is 2.72. The molecule has 6 heteroatoms. The minimum atomic E-state index is -0.376.